The molecule has 5 rings (SSSR count). The summed E-state index contributed by atoms with van der Waals surface area (Å²) in [6.45, 7) is 0. The van der Waals surface area contributed by atoms with E-state index in [0.29, 0.717) is 17.1 Å². The molecular weight excluding hydrogens is 434 g/mol. The maximum atomic E-state index is 12.5. The van der Waals surface area contributed by atoms with Gasteiger partial charge < -0.3 is 14.6 Å². The number of hydrogen-bond acceptors (Lipinski definition) is 7. The minimum Gasteiger partial charge on any atom is -0.448 e. The summed E-state index contributed by atoms with van der Waals surface area (Å²) in [5.74, 6) is 0.790. The van der Waals surface area contributed by atoms with Crippen LogP contribution >= 0.6 is 11.3 Å². The molecule has 0 spiro atoms. The van der Waals surface area contributed by atoms with Gasteiger partial charge in [-0.15, -0.1) is 11.3 Å². The average molecular weight is 452 g/mol. The van der Waals surface area contributed by atoms with Crippen molar-refractivity contribution in [2.24, 2.45) is 0 Å². The molecule has 0 fully saturated rings. The Hall–Kier alpha value is -3.63. The molecule has 0 saturated carbocycles. The summed E-state index contributed by atoms with van der Waals surface area (Å²) in [6.07, 6.45) is 4.55. The smallest absolute Gasteiger partial charge is 0.271 e. The summed E-state index contributed by atoms with van der Waals surface area (Å²) in [5, 5.41) is 13.8. The topological polar surface area (TPSA) is 111 Å². The summed E-state index contributed by atoms with van der Waals surface area (Å²) in [4.78, 5) is 6.00. The first-order valence-corrected chi connectivity index (χ1v) is 11.7. The molecule has 0 radical (unpaired) electrons. The Morgan fingerprint density at radius 3 is 2.68 bits per heavy atom. The number of nitrogens with zero attached hydrogens (tertiary/aromatic N) is 2. The zero-order chi connectivity index (χ0) is 21.4. The molecule has 0 aliphatic carbocycles. The predicted molar refractivity (Wildman–Crippen MR) is 120 cm³/mol. The van der Waals surface area contributed by atoms with Gasteiger partial charge in [-0.05, 0) is 47.8 Å². The van der Waals surface area contributed by atoms with Crippen LogP contribution in [0, 0.1) is 5.41 Å². The molecule has 0 saturated heterocycles. The van der Waals surface area contributed by atoms with Crippen LogP contribution < -0.4 is 14.9 Å². The Labute approximate surface area is 182 Å². The minimum absolute atomic E-state index is 0.253. The summed E-state index contributed by atoms with van der Waals surface area (Å²) in [7, 11) is -3.63. The zero-order valence-corrected chi connectivity index (χ0v) is 17.7. The van der Waals surface area contributed by atoms with Crippen molar-refractivity contribution in [3.63, 3.8) is 0 Å². The van der Waals surface area contributed by atoms with Crippen LogP contribution in [0.3, 0.4) is 0 Å². The lowest BCUT2D eigenvalue weighted by molar-refractivity contribution is 0.564. The number of fused-ring (bicyclic) bond motifs is 1. The number of nitrogens with one attached hydrogen (secondary N) is 3. The molecule has 3 N–H and O–H groups in total. The lowest BCUT2D eigenvalue weighted by Gasteiger charge is -2.37. The van der Waals surface area contributed by atoms with Gasteiger partial charge in [0.05, 0.1) is 11.8 Å². The number of anilines is 3. The standard InChI is InChI=1S/C21H17N5O3S2/c22-19-17-9-11-29-21(17)24-20(14-3-1-10-23-13-14)26(19)16-7-5-15(6-8-16)25-31(27,28)18-4-2-12-30-18/h1-13,20,22,24-25H. The molecule has 1 aliphatic rings. The fraction of sp³-hybridized carbons (Fsp3) is 0.0476. The number of benzene rings is 1. The summed E-state index contributed by atoms with van der Waals surface area (Å²) >= 11 is 1.16. The second kappa shape index (κ2) is 7.56. The second-order valence-electron chi connectivity index (χ2n) is 6.80. The van der Waals surface area contributed by atoms with Gasteiger partial charge in [0.15, 0.2) is 0 Å². The lowest BCUT2D eigenvalue weighted by atomic mass is 10.1. The van der Waals surface area contributed by atoms with E-state index in [4.69, 9.17) is 9.83 Å². The van der Waals surface area contributed by atoms with Gasteiger partial charge in [0.1, 0.15) is 16.2 Å². The number of hydrogen-bond donors (Lipinski definition) is 3. The summed E-state index contributed by atoms with van der Waals surface area (Å²) in [5.41, 5.74) is 2.66. The normalized spacial score (nSPS) is 15.9. The van der Waals surface area contributed by atoms with Gasteiger partial charge >= 0.3 is 0 Å². The first-order valence-electron chi connectivity index (χ1n) is 9.31. The van der Waals surface area contributed by atoms with Gasteiger partial charge in [-0.25, -0.2) is 8.42 Å². The van der Waals surface area contributed by atoms with E-state index in [1.807, 2.05) is 17.0 Å². The van der Waals surface area contributed by atoms with Crippen molar-refractivity contribution in [1.82, 2.24) is 4.98 Å². The molecule has 1 aliphatic heterocycles. The van der Waals surface area contributed by atoms with Crippen LogP contribution in [0.2, 0.25) is 0 Å². The third-order valence-electron chi connectivity index (χ3n) is 4.85. The highest BCUT2D eigenvalue weighted by Gasteiger charge is 2.33. The zero-order valence-electron chi connectivity index (χ0n) is 16.0. The minimum atomic E-state index is -3.63. The van der Waals surface area contributed by atoms with Crippen molar-refractivity contribution in [1.29, 1.82) is 5.41 Å². The Balaban J connectivity index is 1.48. The molecule has 3 aromatic heterocycles. The fourth-order valence-corrected chi connectivity index (χ4v) is 5.47. The van der Waals surface area contributed by atoms with Crippen LogP contribution in [-0.4, -0.2) is 19.2 Å². The van der Waals surface area contributed by atoms with Gasteiger partial charge in [-0.2, -0.15) is 0 Å². The maximum absolute atomic E-state index is 12.5. The van der Waals surface area contributed by atoms with Crippen LogP contribution in [0.1, 0.15) is 17.3 Å². The van der Waals surface area contributed by atoms with E-state index in [9.17, 15) is 8.42 Å². The van der Waals surface area contributed by atoms with Gasteiger partial charge in [-0.1, -0.05) is 12.1 Å². The van der Waals surface area contributed by atoms with Gasteiger partial charge in [-0.3, -0.25) is 15.1 Å². The van der Waals surface area contributed by atoms with Crippen molar-refractivity contribution in [3.05, 3.63) is 89.8 Å². The largest absolute Gasteiger partial charge is 0.448 e. The van der Waals surface area contributed by atoms with Crippen LogP contribution in [0.15, 0.2) is 87.3 Å². The molecule has 1 aromatic carbocycles. The average Bonchev–Trinajstić information content (AvgIpc) is 3.48. The first-order chi connectivity index (χ1) is 15.0. The number of rotatable bonds is 5. The van der Waals surface area contributed by atoms with Crippen molar-refractivity contribution in [2.75, 3.05) is 14.9 Å². The van der Waals surface area contributed by atoms with Crippen molar-refractivity contribution in [3.8, 4) is 0 Å². The van der Waals surface area contributed by atoms with Crippen LogP contribution in [0.25, 0.3) is 0 Å². The molecule has 0 bridgehead atoms. The predicted octanol–water partition coefficient (Wildman–Crippen LogP) is 4.49. The first kappa shape index (κ1) is 19.3. The van der Waals surface area contributed by atoms with Crippen molar-refractivity contribution in [2.45, 2.75) is 10.4 Å². The second-order valence-corrected chi connectivity index (χ2v) is 9.66. The number of aromatic nitrogens is 1. The number of furan rings is 1. The molecular formula is C21H17N5O3S2. The van der Waals surface area contributed by atoms with E-state index in [1.165, 1.54) is 0 Å². The fourth-order valence-electron chi connectivity index (χ4n) is 3.42. The van der Waals surface area contributed by atoms with Gasteiger partial charge in [0, 0.05) is 29.3 Å². The third kappa shape index (κ3) is 3.56. The van der Waals surface area contributed by atoms with Crippen LogP contribution in [0.4, 0.5) is 17.3 Å². The van der Waals surface area contributed by atoms with E-state index in [1.54, 1.807) is 66.5 Å². The quantitative estimate of drug-likeness (QED) is 0.412. The molecule has 4 heterocycles. The van der Waals surface area contributed by atoms with Crippen molar-refractivity contribution >= 4 is 44.5 Å². The lowest BCUT2D eigenvalue weighted by Crippen LogP contribution is -2.42. The Morgan fingerprint density at radius 1 is 1.13 bits per heavy atom. The highest BCUT2D eigenvalue weighted by Crippen LogP contribution is 2.37. The molecule has 10 heteroatoms. The van der Waals surface area contributed by atoms with E-state index in [-0.39, 0.29) is 10.0 Å². The van der Waals surface area contributed by atoms with E-state index in [2.05, 4.69) is 15.0 Å². The molecule has 31 heavy (non-hydrogen) atoms. The monoisotopic (exact) mass is 451 g/mol. The van der Waals surface area contributed by atoms with Crippen LogP contribution in [0.5, 0.6) is 0 Å². The molecule has 1 atom stereocenters. The molecule has 4 aromatic rings. The number of pyridine rings is 1. The highest BCUT2D eigenvalue weighted by atomic mass is 32.2. The van der Waals surface area contributed by atoms with Crippen LogP contribution in [-0.2, 0) is 10.0 Å². The van der Waals surface area contributed by atoms with E-state index in [0.717, 1.165) is 22.6 Å². The molecule has 0 amide bonds. The highest BCUT2D eigenvalue weighted by molar-refractivity contribution is 7.94. The summed E-state index contributed by atoms with van der Waals surface area (Å²) < 4.78 is 33.3. The maximum Gasteiger partial charge on any atom is 0.271 e. The molecule has 1 unspecified atom stereocenters. The van der Waals surface area contributed by atoms with Crippen molar-refractivity contribution < 1.29 is 12.8 Å². The molecule has 8 nitrogen and oxygen atoms in total. The van der Waals surface area contributed by atoms with Gasteiger partial charge in [0.2, 0.25) is 5.88 Å². The Bertz CT molecular complexity index is 1320. The third-order valence-corrected chi connectivity index (χ3v) is 7.62. The number of amidine groups is 1. The summed E-state index contributed by atoms with van der Waals surface area (Å²) in [6, 6.07) is 15.6. The Kier molecular flexibility index (Phi) is 4.72. The number of thiophene rings is 1. The van der Waals surface area contributed by atoms with E-state index >= 15 is 0 Å². The van der Waals surface area contributed by atoms with E-state index < -0.39 is 16.2 Å². The molecule has 156 valence electrons. The Morgan fingerprint density at radius 2 is 1.97 bits per heavy atom. The number of sulfonamides is 1. The SMILES string of the molecule is N=C1c2ccoc2NC(c2cccnc2)N1c1ccc(NS(=O)(=O)c2cccs2)cc1. The van der Waals surface area contributed by atoms with Gasteiger partial charge in [0.25, 0.3) is 10.0 Å².